The van der Waals surface area contributed by atoms with Gasteiger partial charge in [-0.2, -0.15) is 10.2 Å². The number of halogens is 1. The number of amidine groups is 2. The van der Waals surface area contributed by atoms with Gasteiger partial charge < -0.3 is 25.3 Å². The van der Waals surface area contributed by atoms with E-state index in [1.165, 1.54) is 0 Å². The van der Waals surface area contributed by atoms with E-state index in [1.54, 1.807) is 24.8 Å². The molecule has 4 aromatic heterocycles. The van der Waals surface area contributed by atoms with Crippen LogP contribution in [0.15, 0.2) is 178 Å². The Morgan fingerprint density at radius 2 is 0.704 bits per heavy atom. The van der Waals surface area contributed by atoms with Gasteiger partial charge in [0, 0.05) is 35.1 Å². The Bertz CT molecular complexity index is 1850. The summed E-state index contributed by atoms with van der Waals surface area (Å²) in [5.74, 6) is 0. The summed E-state index contributed by atoms with van der Waals surface area (Å²) in [6.07, 6.45) is 6.84. The number of hydrogen-bond acceptors (Lipinski definition) is 14. The van der Waals surface area contributed by atoms with Crippen LogP contribution >= 0.6 is 0 Å². The number of rotatable bonds is 8. The number of nitrogens with one attached hydrogen (secondary N) is 2. The zero-order valence-corrected chi connectivity index (χ0v) is 31.2. The first-order valence-electron chi connectivity index (χ1n) is 15.2. The first-order chi connectivity index (χ1) is 25.7. The van der Waals surface area contributed by atoms with Crippen LogP contribution in [0.5, 0.6) is 0 Å². The van der Waals surface area contributed by atoms with Gasteiger partial charge in [-0.1, -0.05) is 60.7 Å². The van der Waals surface area contributed by atoms with Crippen LogP contribution in [0.4, 0.5) is 11.4 Å². The molecule has 54 heavy (non-hydrogen) atoms. The van der Waals surface area contributed by atoms with Crippen molar-refractivity contribution in [2.24, 2.45) is 20.2 Å². The molecule has 14 nitrogen and oxygen atoms in total. The van der Waals surface area contributed by atoms with Crippen molar-refractivity contribution < 1.29 is 45.7 Å². The molecule has 274 valence electrons. The largest absolute Gasteiger partial charge is 3.00 e. The standard InChI is InChI=1S/2C18H15N5S.ClHO4.Co/c2*24-18(21-14-8-2-1-3-9-14)23-22-17(15-10-4-6-12-19-15)16-11-5-7-13-20-16;2-1(3,4)5;/h2*1-13H,(H2,21,23,24);(H,2,3,4,5);/q;;;+3/p-3. The summed E-state index contributed by atoms with van der Waals surface area (Å²) in [6.45, 7) is 0. The van der Waals surface area contributed by atoms with Crippen molar-refractivity contribution in [1.29, 1.82) is 0 Å². The fraction of sp³-hybridized carbons (Fsp3) is 0. The molecule has 0 bridgehead atoms. The first-order valence-corrected chi connectivity index (χ1v) is 17.3. The van der Waals surface area contributed by atoms with Gasteiger partial charge in [0.15, 0.2) is 0 Å². The van der Waals surface area contributed by atoms with Crippen molar-refractivity contribution in [2.45, 2.75) is 0 Å². The van der Waals surface area contributed by atoms with Gasteiger partial charge in [0.2, 0.25) is 0 Å². The minimum absolute atomic E-state index is 0. The van der Waals surface area contributed by atoms with Crippen LogP contribution in [0.1, 0.15) is 22.8 Å². The van der Waals surface area contributed by atoms with Crippen molar-refractivity contribution in [1.82, 2.24) is 30.8 Å². The second-order valence-corrected chi connectivity index (χ2v) is 11.4. The zero-order valence-electron chi connectivity index (χ0n) is 27.7. The summed E-state index contributed by atoms with van der Waals surface area (Å²) in [5.41, 5.74) is 11.1. The number of pyridine rings is 4. The molecule has 0 radical (unpaired) electrons. The van der Waals surface area contributed by atoms with Gasteiger partial charge in [0.1, 0.15) is 11.4 Å². The average molecular weight is 823 g/mol. The van der Waals surface area contributed by atoms with Gasteiger partial charge in [-0.3, -0.25) is 40.8 Å². The summed E-state index contributed by atoms with van der Waals surface area (Å²) in [7, 11) is -4.94. The van der Waals surface area contributed by atoms with E-state index in [0.29, 0.717) is 34.2 Å². The SMILES string of the molecule is [Co+3].[O-][Cl+3]([O-])([O-])[O-].[S-]C(=Nc1ccccc1)NN=C(c1ccccn1)c1ccccn1.[S-]C(=Nc1ccccc1)NN=C(c1ccccn1)c1ccccn1. The Morgan fingerprint density at radius 3 is 0.944 bits per heavy atom. The number of nitrogens with zero attached hydrogens (tertiary/aromatic N) is 8. The number of aliphatic imine (C=N–C) groups is 2. The number of benzene rings is 2. The van der Waals surface area contributed by atoms with Crippen molar-refractivity contribution in [2.75, 3.05) is 0 Å². The van der Waals surface area contributed by atoms with Crippen LogP contribution in [0.25, 0.3) is 0 Å². The van der Waals surface area contributed by atoms with Gasteiger partial charge in [-0.05, 0) is 72.8 Å². The van der Waals surface area contributed by atoms with Gasteiger partial charge in [-0.15, -0.1) is 10.2 Å². The molecule has 6 aromatic rings. The second-order valence-electron chi connectivity index (χ2n) is 9.89. The fourth-order valence-corrected chi connectivity index (χ4v) is 4.30. The maximum absolute atomic E-state index is 8.49. The summed E-state index contributed by atoms with van der Waals surface area (Å²) in [4.78, 5) is 25.9. The zero-order chi connectivity index (χ0) is 37.7. The van der Waals surface area contributed by atoms with Crippen molar-refractivity contribution in [3.05, 3.63) is 181 Å². The van der Waals surface area contributed by atoms with Crippen LogP contribution in [-0.4, -0.2) is 41.7 Å². The predicted octanol–water partition coefficient (Wildman–Crippen LogP) is 1.35. The van der Waals surface area contributed by atoms with Crippen LogP contribution in [-0.2, 0) is 42.0 Å². The molecular formula is C36H28ClCoN10O4S2. The van der Waals surface area contributed by atoms with Gasteiger partial charge in [0.25, 0.3) is 0 Å². The summed E-state index contributed by atoms with van der Waals surface area (Å²) in [6, 6.07) is 41.4. The molecule has 0 spiro atoms. The monoisotopic (exact) mass is 822 g/mol. The molecular weight excluding hydrogens is 795 g/mol. The van der Waals surface area contributed by atoms with Crippen molar-refractivity contribution in [3.8, 4) is 0 Å². The maximum atomic E-state index is 8.49. The second kappa shape index (κ2) is 23.1. The van der Waals surface area contributed by atoms with Crippen molar-refractivity contribution in [3.63, 3.8) is 0 Å². The fourth-order valence-electron chi connectivity index (χ4n) is 4.00. The number of hydrogen-bond donors (Lipinski definition) is 2. The summed E-state index contributed by atoms with van der Waals surface area (Å²) in [5, 5.41) is 9.27. The molecule has 6 rings (SSSR count). The Hall–Kier alpha value is -5.60. The summed E-state index contributed by atoms with van der Waals surface area (Å²) < 4.78 is 34.0. The van der Waals surface area contributed by atoms with Crippen LogP contribution < -0.4 is 29.5 Å². The Morgan fingerprint density at radius 1 is 0.444 bits per heavy atom. The average Bonchev–Trinajstić information content (AvgIpc) is 3.17. The molecule has 2 N–H and O–H groups in total. The number of aromatic nitrogens is 4. The van der Waals surface area contributed by atoms with E-state index < -0.39 is 10.2 Å². The van der Waals surface area contributed by atoms with Crippen LogP contribution in [0, 0.1) is 10.2 Å². The first kappa shape index (κ1) is 42.8. The molecule has 0 saturated heterocycles. The third-order valence-corrected chi connectivity index (χ3v) is 6.50. The van der Waals surface area contributed by atoms with Gasteiger partial charge in [0.05, 0.1) is 34.2 Å². The molecule has 0 fully saturated rings. The minimum atomic E-state index is -4.94. The summed E-state index contributed by atoms with van der Waals surface area (Å²) >= 11 is 10.5. The molecule has 18 heteroatoms. The topological polar surface area (TPSA) is 217 Å². The molecule has 4 heterocycles. The van der Waals surface area contributed by atoms with E-state index in [-0.39, 0.29) is 27.1 Å². The van der Waals surface area contributed by atoms with E-state index in [0.717, 1.165) is 11.4 Å². The van der Waals surface area contributed by atoms with Gasteiger partial charge in [-0.25, -0.2) is 18.6 Å². The Kier molecular flexibility index (Phi) is 18.3. The maximum Gasteiger partial charge on any atom is 3.00 e. The quantitative estimate of drug-likeness (QED) is 0.0963. The van der Waals surface area contributed by atoms with E-state index in [1.807, 2.05) is 133 Å². The number of para-hydroxylation sites is 2. The molecule has 0 amide bonds. The molecule has 0 aliphatic rings. The smallest absolute Gasteiger partial charge is 0.741 e. The molecule has 0 atom stereocenters. The minimum Gasteiger partial charge on any atom is -0.741 e. The van der Waals surface area contributed by atoms with Crippen LogP contribution in [0.2, 0.25) is 0 Å². The van der Waals surface area contributed by atoms with Crippen molar-refractivity contribution >= 4 is 58.4 Å². The Labute approximate surface area is 334 Å². The molecule has 2 aromatic carbocycles. The molecule has 0 unspecified atom stereocenters. The van der Waals surface area contributed by atoms with E-state index in [2.05, 4.69) is 51.0 Å². The van der Waals surface area contributed by atoms with Crippen LogP contribution in [0.3, 0.4) is 0 Å². The van der Waals surface area contributed by atoms with E-state index in [9.17, 15) is 0 Å². The third-order valence-electron chi connectivity index (χ3n) is 6.13. The predicted molar refractivity (Wildman–Crippen MR) is 196 cm³/mol. The normalized spacial score (nSPS) is 10.8. The van der Waals surface area contributed by atoms with E-state index in [4.69, 9.17) is 43.9 Å². The Balaban J connectivity index is 0.000000254. The number of hydrazone groups is 2. The molecule has 0 aliphatic carbocycles. The van der Waals surface area contributed by atoms with Gasteiger partial charge >= 0.3 is 16.8 Å². The molecule has 0 aliphatic heterocycles. The van der Waals surface area contributed by atoms with E-state index >= 15 is 0 Å². The molecule has 0 saturated carbocycles. The third kappa shape index (κ3) is 16.4.